The maximum Gasteiger partial charge on any atom is 0.222 e. The second kappa shape index (κ2) is 9.32. The summed E-state index contributed by atoms with van der Waals surface area (Å²) in [4.78, 5) is 14.3. The predicted molar refractivity (Wildman–Crippen MR) is 80.0 cm³/mol. The highest BCUT2D eigenvalue weighted by molar-refractivity contribution is 5.78. The van der Waals surface area contributed by atoms with Crippen LogP contribution in [0.3, 0.4) is 0 Å². The molecule has 2 atom stereocenters. The molecule has 4 nitrogen and oxygen atoms in total. The lowest BCUT2D eigenvalue weighted by atomic mass is 10.0. The third kappa shape index (κ3) is 7.53. The molecule has 1 amide bonds. The van der Waals surface area contributed by atoms with Gasteiger partial charge in [-0.1, -0.05) is 13.3 Å². The number of hydrogen-bond acceptors (Lipinski definition) is 3. The second-order valence-corrected chi connectivity index (χ2v) is 6.00. The van der Waals surface area contributed by atoms with Gasteiger partial charge >= 0.3 is 0 Å². The van der Waals surface area contributed by atoms with Crippen molar-refractivity contribution in [1.82, 2.24) is 10.2 Å². The summed E-state index contributed by atoms with van der Waals surface area (Å²) in [5.74, 6) is 0.316. The molecule has 4 heteroatoms. The number of amides is 1. The zero-order valence-electron chi connectivity index (χ0n) is 12.7. The first kappa shape index (κ1) is 16.4. The Labute approximate surface area is 118 Å². The van der Waals surface area contributed by atoms with E-state index < -0.39 is 0 Å². The minimum absolute atomic E-state index is 0.116. The Bertz CT molecular complexity index is 250. The summed E-state index contributed by atoms with van der Waals surface area (Å²) in [6.07, 6.45) is 6.73. The van der Waals surface area contributed by atoms with Gasteiger partial charge in [-0.3, -0.25) is 4.79 Å². The van der Waals surface area contributed by atoms with Gasteiger partial charge in [0.2, 0.25) is 5.91 Å². The summed E-state index contributed by atoms with van der Waals surface area (Å²) in [7, 11) is 0. The molecule has 0 radical (unpaired) electrons. The van der Waals surface area contributed by atoms with Crippen LogP contribution in [0.1, 0.15) is 52.4 Å². The molecule has 1 rings (SSSR count). The van der Waals surface area contributed by atoms with Crippen molar-refractivity contribution < 1.29 is 4.79 Å². The number of nitrogens with zero attached hydrogens (tertiary/aromatic N) is 1. The Morgan fingerprint density at radius 3 is 2.53 bits per heavy atom. The molecule has 0 bridgehead atoms. The van der Waals surface area contributed by atoms with E-state index in [1.807, 2.05) is 13.8 Å². The van der Waals surface area contributed by atoms with Crippen LogP contribution < -0.4 is 11.1 Å². The monoisotopic (exact) mass is 269 g/mol. The quantitative estimate of drug-likeness (QED) is 0.627. The van der Waals surface area contributed by atoms with E-state index in [1.165, 1.54) is 25.9 Å². The van der Waals surface area contributed by atoms with Crippen LogP contribution in [-0.4, -0.2) is 43.0 Å². The van der Waals surface area contributed by atoms with Crippen molar-refractivity contribution in [3.8, 4) is 0 Å². The highest BCUT2D eigenvalue weighted by atomic mass is 16.1. The zero-order chi connectivity index (χ0) is 14.1. The molecule has 1 aliphatic rings. The molecule has 0 spiro atoms. The van der Waals surface area contributed by atoms with Gasteiger partial charge in [0.05, 0.1) is 0 Å². The first-order valence-electron chi connectivity index (χ1n) is 7.85. The highest BCUT2D eigenvalue weighted by Gasteiger charge is 2.13. The van der Waals surface area contributed by atoms with Crippen molar-refractivity contribution >= 4 is 5.91 Å². The number of carbonyl (C=O) groups excluding carboxylic acids is 1. The first-order chi connectivity index (χ1) is 9.09. The summed E-state index contributed by atoms with van der Waals surface area (Å²) in [5, 5.41) is 3.05. The Hall–Kier alpha value is -0.610. The number of hydrogen-bond donors (Lipinski definition) is 2. The van der Waals surface area contributed by atoms with Gasteiger partial charge in [-0.05, 0) is 58.7 Å². The van der Waals surface area contributed by atoms with Crippen molar-refractivity contribution in [3.05, 3.63) is 0 Å². The van der Waals surface area contributed by atoms with Crippen LogP contribution in [0.25, 0.3) is 0 Å². The Balaban J connectivity index is 1.99. The third-order valence-electron chi connectivity index (χ3n) is 3.89. The average Bonchev–Trinajstić information content (AvgIpc) is 2.86. The van der Waals surface area contributed by atoms with Crippen LogP contribution in [0.2, 0.25) is 0 Å². The molecule has 3 N–H and O–H groups in total. The Morgan fingerprint density at radius 1 is 1.21 bits per heavy atom. The molecule has 0 saturated carbocycles. The molecular weight excluding hydrogens is 238 g/mol. The number of rotatable bonds is 9. The molecule has 0 aromatic heterocycles. The van der Waals surface area contributed by atoms with Gasteiger partial charge in [0, 0.05) is 18.5 Å². The van der Waals surface area contributed by atoms with Crippen molar-refractivity contribution in [1.29, 1.82) is 0 Å². The first-order valence-corrected chi connectivity index (χ1v) is 7.85. The van der Waals surface area contributed by atoms with Gasteiger partial charge in [0.25, 0.3) is 0 Å². The van der Waals surface area contributed by atoms with E-state index in [9.17, 15) is 4.79 Å². The van der Waals surface area contributed by atoms with Gasteiger partial charge in [-0.15, -0.1) is 0 Å². The Morgan fingerprint density at radius 2 is 1.89 bits per heavy atom. The number of nitrogens with one attached hydrogen (secondary N) is 1. The maximum absolute atomic E-state index is 11.9. The number of carbonyl (C=O) groups is 1. The molecule has 19 heavy (non-hydrogen) atoms. The minimum atomic E-state index is 0.116. The van der Waals surface area contributed by atoms with E-state index in [2.05, 4.69) is 10.2 Å². The van der Waals surface area contributed by atoms with Gasteiger partial charge in [-0.25, -0.2) is 0 Å². The van der Waals surface area contributed by atoms with Gasteiger partial charge < -0.3 is 16.0 Å². The standard InChI is InChI=1S/C15H31N3O/c1-13(7-5-8-14(2)16)15(19)17-9-6-12-18-10-3-4-11-18/h13-14H,3-12,16H2,1-2H3,(H,17,19). The largest absolute Gasteiger partial charge is 0.356 e. The summed E-state index contributed by atoms with van der Waals surface area (Å²) in [6.45, 7) is 8.44. The lowest BCUT2D eigenvalue weighted by Gasteiger charge is -2.16. The fourth-order valence-electron chi connectivity index (χ4n) is 2.57. The molecule has 1 saturated heterocycles. The van der Waals surface area contributed by atoms with E-state index in [-0.39, 0.29) is 17.9 Å². The van der Waals surface area contributed by atoms with E-state index in [1.54, 1.807) is 0 Å². The molecule has 0 aromatic rings. The lowest BCUT2D eigenvalue weighted by Crippen LogP contribution is -2.32. The van der Waals surface area contributed by atoms with Crippen molar-refractivity contribution in [2.24, 2.45) is 11.7 Å². The Kier molecular flexibility index (Phi) is 8.07. The van der Waals surface area contributed by atoms with Crippen molar-refractivity contribution in [2.45, 2.75) is 58.4 Å². The topological polar surface area (TPSA) is 58.4 Å². The molecule has 2 unspecified atom stereocenters. The summed E-state index contributed by atoms with van der Waals surface area (Å²) in [6, 6.07) is 0.246. The summed E-state index contributed by atoms with van der Waals surface area (Å²) < 4.78 is 0. The molecule has 112 valence electrons. The molecule has 1 aliphatic heterocycles. The minimum Gasteiger partial charge on any atom is -0.356 e. The normalized spacial score (nSPS) is 19.3. The second-order valence-electron chi connectivity index (χ2n) is 6.00. The molecule has 0 aliphatic carbocycles. The molecule has 1 heterocycles. The van der Waals surface area contributed by atoms with Crippen LogP contribution in [0.4, 0.5) is 0 Å². The van der Waals surface area contributed by atoms with Crippen molar-refractivity contribution in [2.75, 3.05) is 26.2 Å². The summed E-state index contributed by atoms with van der Waals surface area (Å²) >= 11 is 0. The van der Waals surface area contributed by atoms with Crippen LogP contribution in [0, 0.1) is 5.92 Å². The fraction of sp³-hybridized carbons (Fsp3) is 0.933. The van der Waals surface area contributed by atoms with Crippen molar-refractivity contribution in [3.63, 3.8) is 0 Å². The highest BCUT2D eigenvalue weighted by Crippen LogP contribution is 2.09. The summed E-state index contributed by atoms with van der Waals surface area (Å²) in [5.41, 5.74) is 5.71. The molecule has 0 aromatic carbocycles. The zero-order valence-corrected chi connectivity index (χ0v) is 12.7. The molecule has 1 fully saturated rings. The van der Waals surface area contributed by atoms with Gasteiger partial charge in [0.15, 0.2) is 0 Å². The SMILES string of the molecule is CC(N)CCCC(C)C(=O)NCCCN1CCCC1. The van der Waals surface area contributed by atoms with E-state index in [4.69, 9.17) is 5.73 Å². The van der Waals surface area contributed by atoms with Crippen LogP contribution in [0.15, 0.2) is 0 Å². The van der Waals surface area contributed by atoms with E-state index >= 15 is 0 Å². The number of likely N-dealkylation sites (tertiary alicyclic amines) is 1. The van der Waals surface area contributed by atoms with E-state index in [0.717, 1.165) is 38.8 Å². The van der Waals surface area contributed by atoms with Crippen LogP contribution in [-0.2, 0) is 4.79 Å². The maximum atomic E-state index is 11.9. The predicted octanol–water partition coefficient (Wildman–Crippen LogP) is 1.74. The third-order valence-corrected chi connectivity index (χ3v) is 3.89. The fourth-order valence-corrected chi connectivity index (χ4v) is 2.57. The molecular formula is C15H31N3O. The van der Waals surface area contributed by atoms with E-state index in [0.29, 0.717) is 0 Å². The lowest BCUT2D eigenvalue weighted by molar-refractivity contribution is -0.124. The van der Waals surface area contributed by atoms with Crippen LogP contribution in [0.5, 0.6) is 0 Å². The van der Waals surface area contributed by atoms with Crippen LogP contribution >= 0.6 is 0 Å². The number of nitrogens with two attached hydrogens (primary N) is 1. The van der Waals surface area contributed by atoms with Gasteiger partial charge in [0.1, 0.15) is 0 Å². The smallest absolute Gasteiger partial charge is 0.222 e. The van der Waals surface area contributed by atoms with Gasteiger partial charge in [-0.2, -0.15) is 0 Å². The average molecular weight is 269 g/mol.